The van der Waals surface area contributed by atoms with Gasteiger partial charge in [0.05, 0.1) is 24.6 Å². The first kappa shape index (κ1) is 18.9. The average molecular weight is 373 g/mol. The fourth-order valence-corrected chi connectivity index (χ4v) is 2.48. The molecule has 0 aliphatic heterocycles. The lowest BCUT2D eigenvalue weighted by atomic mass is 10.2. The molecule has 27 heavy (non-hydrogen) atoms. The Labute approximate surface area is 157 Å². The fraction of sp³-hybridized carbons (Fsp3) is 0.421. The number of anilines is 1. The molecule has 2 N–H and O–H groups in total. The molecule has 0 saturated heterocycles. The molecule has 8 nitrogen and oxygen atoms in total. The second kappa shape index (κ2) is 8.68. The maximum Gasteiger partial charge on any atom is 0.335 e. The smallest absolute Gasteiger partial charge is 0.335 e. The number of carbonyl (C=O) groups is 1. The minimum absolute atomic E-state index is 0.0581. The second-order valence-corrected chi connectivity index (χ2v) is 6.55. The highest BCUT2D eigenvalue weighted by atomic mass is 16.5. The first-order valence-corrected chi connectivity index (χ1v) is 8.81. The van der Waals surface area contributed by atoms with Gasteiger partial charge in [-0.05, 0) is 37.8 Å². The molecular formula is C19H23N3O5. The summed E-state index contributed by atoms with van der Waals surface area (Å²) in [5, 5.41) is 12.5. The van der Waals surface area contributed by atoms with Gasteiger partial charge in [-0.3, -0.25) is 0 Å². The van der Waals surface area contributed by atoms with Gasteiger partial charge in [-0.15, -0.1) is 0 Å². The number of nitrogens with one attached hydrogen (secondary N) is 1. The second-order valence-electron chi connectivity index (χ2n) is 6.55. The number of hydrogen-bond donors (Lipinski definition) is 2. The summed E-state index contributed by atoms with van der Waals surface area (Å²) in [5.41, 5.74) is 0.0581. The number of carboxylic acids is 1. The van der Waals surface area contributed by atoms with Crippen LogP contribution in [0, 0.1) is 5.92 Å². The van der Waals surface area contributed by atoms with Crippen LogP contribution in [0.15, 0.2) is 30.6 Å². The van der Waals surface area contributed by atoms with Crippen LogP contribution in [0.2, 0.25) is 0 Å². The van der Waals surface area contributed by atoms with Gasteiger partial charge >= 0.3 is 5.97 Å². The van der Waals surface area contributed by atoms with Gasteiger partial charge in [0, 0.05) is 19.7 Å². The van der Waals surface area contributed by atoms with Crippen molar-refractivity contribution in [3.05, 3.63) is 36.2 Å². The first-order chi connectivity index (χ1) is 13.0. The maximum absolute atomic E-state index is 11.4. The summed E-state index contributed by atoms with van der Waals surface area (Å²) >= 11 is 0. The van der Waals surface area contributed by atoms with E-state index in [2.05, 4.69) is 15.3 Å². The van der Waals surface area contributed by atoms with E-state index in [-0.39, 0.29) is 17.5 Å². The van der Waals surface area contributed by atoms with Gasteiger partial charge in [0.25, 0.3) is 0 Å². The molecule has 0 spiro atoms. The number of nitrogens with zero attached hydrogens (tertiary/aromatic N) is 2. The monoisotopic (exact) mass is 373 g/mol. The van der Waals surface area contributed by atoms with E-state index in [0.29, 0.717) is 23.9 Å². The van der Waals surface area contributed by atoms with Crippen LogP contribution in [0.1, 0.15) is 30.1 Å². The molecule has 1 heterocycles. The summed E-state index contributed by atoms with van der Waals surface area (Å²) in [6.07, 6.45) is 5.38. The third kappa shape index (κ3) is 5.82. The summed E-state index contributed by atoms with van der Waals surface area (Å²) < 4.78 is 16.4. The zero-order valence-corrected chi connectivity index (χ0v) is 15.3. The SMILES string of the molecule is COC[C@H](C)Oc1cc(Oc2cnc(NCC3CC3)cn2)cc(C(=O)O)c1. The molecule has 1 saturated carbocycles. The molecule has 8 heteroatoms. The Morgan fingerprint density at radius 2 is 2.04 bits per heavy atom. The van der Waals surface area contributed by atoms with Crippen molar-refractivity contribution < 1.29 is 24.1 Å². The van der Waals surface area contributed by atoms with Gasteiger partial charge in [-0.2, -0.15) is 0 Å². The van der Waals surface area contributed by atoms with Crippen molar-refractivity contribution >= 4 is 11.8 Å². The molecule has 1 aliphatic carbocycles. The van der Waals surface area contributed by atoms with Crippen molar-refractivity contribution in [2.24, 2.45) is 5.92 Å². The van der Waals surface area contributed by atoms with E-state index in [9.17, 15) is 9.90 Å². The Morgan fingerprint density at radius 3 is 2.67 bits per heavy atom. The first-order valence-electron chi connectivity index (χ1n) is 8.81. The van der Waals surface area contributed by atoms with Crippen LogP contribution in [0.5, 0.6) is 17.4 Å². The van der Waals surface area contributed by atoms with Crippen LogP contribution in [0.4, 0.5) is 5.82 Å². The number of rotatable bonds is 10. The fourth-order valence-electron chi connectivity index (χ4n) is 2.48. The van der Waals surface area contributed by atoms with E-state index >= 15 is 0 Å². The Kier molecular flexibility index (Phi) is 6.08. The average Bonchev–Trinajstić information content (AvgIpc) is 3.45. The highest BCUT2D eigenvalue weighted by Gasteiger charge is 2.20. The van der Waals surface area contributed by atoms with Crippen LogP contribution in [0.3, 0.4) is 0 Å². The summed E-state index contributed by atoms with van der Waals surface area (Å²) in [5.74, 6) is 1.31. The van der Waals surface area contributed by atoms with E-state index in [4.69, 9.17) is 14.2 Å². The van der Waals surface area contributed by atoms with Crippen molar-refractivity contribution in [3.63, 3.8) is 0 Å². The van der Waals surface area contributed by atoms with Crippen LogP contribution in [-0.4, -0.2) is 47.4 Å². The normalized spacial score (nSPS) is 14.4. The van der Waals surface area contributed by atoms with Crippen molar-refractivity contribution in [2.75, 3.05) is 25.6 Å². The molecule has 1 aromatic carbocycles. The van der Waals surface area contributed by atoms with Crippen molar-refractivity contribution in [2.45, 2.75) is 25.9 Å². The maximum atomic E-state index is 11.4. The molecule has 1 atom stereocenters. The molecule has 1 aromatic heterocycles. The predicted molar refractivity (Wildman–Crippen MR) is 98.7 cm³/mol. The molecule has 3 rings (SSSR count). The van der Waals surface area contributed by atoms with Crippen LogP contribution >= 0.6 is 0 Å². The summed E-state index contributed by atoms with van der Waals surface area (Å²) in [7, 11) is 1.57. The zero-order valence-electron chi connectivity index (χ0n) is 15.3. The van der Waals surface area contributed by atoms with Crippen molar-refractivity contribution in [1.82, 2.24) is 9.97 Å². The number of carboxylic acid groups (broad SMARTS) is 1. The molecule has 0 amide bonds. The molecule has 0 radical (unpaired) electrons. The number of ether oxygens (including phenoxy) is 3. The Morgan fingerprint density at radius 1 is 1.26 bits per heavy atom. The van der Waals surface area contributed by atoms with E-state index < -0.39 is 5.97 Å². The summed E-state index contributed by atoms with van der Waals surface area (Å²) in [6.45, 7) is 3.11. The minimum atomic E-state index is -1.07. The molecule has 1 aliphatic rings. The number of aromatic nitrogens is 2. The third-order valence-corrected chi connectivity index (χ3v) is 3.98. The van der Waals surface area contributed by atoms with Gasteiger partial charge in [-0.1, -0.05) is 0 Å². The van der Waals surface area contributed by atoms with E-state index in [1.165, 1.54) is 31.2 Å². The largest absolute Gasteiger partial charge is 0.488 e. The predicted octanol–water partition coefficient (Wildman–Crippen LogP) is 3.20. The highest BCUT2D eigenvalue weighted by Crippen LogP contribution is 2.29. The van der Waals surface area contributed by atoms with Crippen molar-refractivity contribution in [1.29, 1.82) is 0 Å². The lowest BCUT2D eigenvalue weighted by Crippen LogP contribution is -2.18. The Bertz CT molecular complexity index is 777. The molecule has 0 unspecified atom stereocenters. The van der Waals surface area contributed by atoms with Gasteiger partial charge < -0.3 is 24.6 Å². The van der Waals surface area contributed by atoms with Crippen LogP contribution in [0.25, 0.3) is 0 Å². The van der Waals surface area contributed by atoms with Gasteiger partial charge in [0.1, 0.15) is 23.4 Å². The van der Waals surface area contributed by atoms with E-state index in [1.807, 2.05) is 6.92 Å². The molecular weight excluding hydrogens is 350 g/mol. The van der Waals surface area contributed by atoms with Gasteiger partial charge in [-0.25, -0.2) is 14.8 Å². The number of hydrogen-bond acceptors (Lipinski definition) is 7. The lowest BCUT2D eigenvalue weighted by Gasteiger charge is -2.15. The molecule has 1 fully saturated rings. The highest BCUT2D eigenvalue weighted by molar-refractivity contribution is 5.88. The topological polar surface area (TPSA) is 103 Å². The minimum Gasteiger partial charge on any atom is -0.488 e. The zero-order chi connectivity index (χ0) is 19.2. The Hall–Kier alpha value is -2.87. The van der Waals surface area contributed by atoms with E-state index in [1.54, 1.807) is 19.4 Å². The summed E-state index contributed by atoms with van der Waals surface area (Å²) in [4.78, 5) is 19.8. The van der Waals surface area contributed by atoms with Crippen molar-refractivity contribution in [3.8, 4) is 17.4 Å². The standard InChI is InChI=1S/C19H23N3O5/c1-12(11-25-2)26-15-5-14(19(23)24)6-16(7-15)27-18-10-21-17(9-22-18)20-8-13-3-4-13/h5-7,9-10,12-13H,3-4,8,11H2,1-2H3,(H,20,21)(H,23,24)/t12-/m0/s1. The van der Waals surface area contributed by atoms with E-state index in [0.717, 1.165) is 12.5 Å². The summed E-state index contributed by atoms with van der Waals surface area (Å²) in [6, 6.07) is 4.47. The molecule has 0 bridgehead atoms. The number of methoxy groups -OCH3 is 1. The van der Waals surface area contributed by atoms with Crippen LogP contribution < -0.4 is 14.8 Å². The number of aromatic carboxylic acids is 1. The van der Waals surface area contributed by atoms with Crippen LogP contribution in [-0.2, 0) is 4.74 Å². The van der Waals surface area contributed by atoms with Gasteiger partial charge in [0.2, 0.25) is 5.88 Å². The molecule has 144 valence electrons. The Balaban J connectivity index is 1.70. The number of benzene rings is 1. The lowest BCUT2D eigenvalue weighted by molar-refractivity contribution is 0.0693. The quantitative estimate of drug-likeness (QED) is 0.654. The third-order valence-electron chi connectivity index (χ3n) is 3.98. The van der Waals surface area contributed by atoms with Gasteiger partial charge in [0.15, 0.2) is 0 Å². The molecule has 2 aromatic rings.